The second-order valence-corrected chi connectivity index (χ2v) is 5.27. The average Bonchev–Trinajstić information content (AvgIpc) is 2.77. The first-order valence-corrected chi connectivity index (χ1v) is 6.73. The van der Waals surface area contributed by atoms with Gasteiger partial charge in [-0.05, 0) is 37.4 Å². The van der Waals surface area contributed by atoms with Gasteiger partial charge in [-0.2, -0.15) is 0 Å². The van der Waals surface area contributed by atoms with Crippen LogP contribution < -0.4 is 10.6 Å². The van der Waals surface area contributed by atoms with E-state index in [-0.39, 0.29) is 0 Å². The number of thiophene rings is 1. The molecule has 1 heterocycles. The summed E-state index contributed by atoms with van der Waals surface area (Å²) in [6.07, 6.45) is 4.00. The summed E-state index contributed by atoms with van der Waals surface area (Å²) in [6.45, 7) is 6.39. The normalized spacial score (nSPS) is 14.5. The molecule has 2 rings (SSSR count). The smallest absolute Gasteiger partial charge is 0.0300 e. The van der Waals surface area contributed by atoms with Gasteiger partial charge >= 0.3 is 0 Å². The van der Waals surface area contributed by atoms with E-state index in [2.05, 4.69) is 23.6 Å². The van der Waals surface area contributed by atoms with Crippen LogP contribution in [0.4, 0.5) is 0 Å². The zero-order valence-corrected chi connectivity index (χ0v) is 10.3. The Hall–Kier alpha value is -0.380. The fourth-order valence-electron chi connectivity index (χ4n) is 2.04. The van der Waals surface area contributed by atoms with Crippen LogP contribution in [0.3, 0.4) is 0 Å². The zero-order chi connectivity index (χ0) is 10.5. The van der Waals surface area contributed by atoms with E-state index in [1.54, 1.807) is 10.4 Å². The highest BCUT2D eigenvalue weighted by atomic mass is 32.1. The van der Waals surface area contributed by atoms with Crippen molar-refractivity contribution in [3.05, 3.63) is 21.4 Å². The van der Waals surface area contributed by atoms with Crippen molar-refractivity contribution in [3.63, 3.8) is 0 Å². The third-order valence-electron chi connectivity index (χ3n) is 2.83. The molecule has 1 aromatic heterocycles. The molecule has 0 spiro atoms. The number of likely N-dealkylation sites (N-methyl/N-ethyl adjacent to an activating group) is 1. The maximum absolute atomic E-state index is 3.47. The Bertz CT molecular complexity index is 285. The van der Waals surface area contributed by atoms with Gasteiger partial charge in [0.15, 0.2) is 0 Å². The lowest BCUT2D eigenvalue weighted by molar-refractivity contribution is 0.628. The molecule has 0 unspecified atom stereocenters. The molecule has 0 aliphatic heterocycles. The van der Waals surface area contributed by atoms with Crippen molar-refractivity contribution in [2.45, 2.75) is 32.7 Å². The third-order valence-corrected chi connectivity index (χ3v) is 4.06. The van der Waals surface area contributed by atoms with Gasteiger partial charge in [0.25, 0.3) is 0 Å². The van der Waals surface area contributed by atoms with E-state index in [4.69, 9.17) is 0 Å². The minimum absolute atomic E-state index is 1.04. The highest BCUT2D eigenvalue weighted by molar-refractivity contribution is 7.12. The van der Waals surface area contributed by atoms with Crippen LogP contribution >= 0.6 is 11.3 Å². The topological polar surface area (TPSA) is 24.1 Å². The van der Waals surface area contributed by atoms with E-state index < -0.39 is 0 Å². The van der Waals surface area contributed by atoms with Gasteiger partial charge in [0, 0.05) is 29.4 Å². The predicted molar refractivity (Wildman–Crippen MR) is 66.6 cm³/mol. The van der Waals surface area contributed by atoms with Gasteiger partial charge in [0.05, 0.1) is 0 Å². The molecule has 0 saturated heterocycles. The molecule has 1 aromatic rings. The van der Waals surface area contributed by atoms with Gasteiger partial charge in [-0.15, -0.1) is 11.3 Å². The quantitative estimate of drug-likeness (QED) is 0.722. The molecular weight excluding hydrogens is 204 g/mol. The largest absolute Gasteiger partial charge is 0.316 e. The van der Waals surface area contributed by atoms with Gasteiger partial charge in [-0.1, -0.05) is 6.92 Å². The monoisotopic (exact) mass is 224 g/mol. The summed E-state index contributed by atoms with van der Waals surface area (Å²) < 4.78 is 0. The summed E-state index contributed by atoms with van der Waals surface area (Å²) in [4.78, 5) is 3.15. The molecule has 84 valence electrons. The van der Waals surface area contributed by atoms with E-state index in [9.17, 15) is 0 Å². The molecule has 2 N–H and O–H groups in total. The molecule has 0 bridgehead atoms. The molecule has 0 atom stereocenters. The lowest BCUT2D eigenvalue weighted by atomic mass is 10.2. The van der Waals surface area contributed by atoms with Crippen LogP contribution in [0.2, 0.25) is 0 Å². The second kappa shape index (κ2) is 5.64. The van der Waals surface area contributed by atoms with Crippen molar-refractivity contribution in [2.75, 3.05) is 19.6 Å². The Labute approximate surface area is 96.1 Å². The second-order valence-electron chi connectivity index (χ2n) is 4.05. The van der Waals surface area contributed by atoms with Crippen LogP contribution in [-0.4, -0.2) is 19.6 Å². The van der Waals surface area contributed by atoms with Crippen LogP contribution in [0.1, 0.15) is 28.7 Å². The lowest BCUT2D eigenvalue weighted by Crippen LogP contribution is -2.26. The maximum atomic E-state index is 3.47. The molecule has 0 fully saturated rings. The van der Waals surface area contributed by atoms with Crippen molar-refractivity contribution < 1.29 is 0 Å². The van der Waals surface area contributed by atoms with Crippen molar-refractivity contribution in [1.29, 1.82) is 0 Å². The highest BCUT2D eigenvalue weighted by Crippen LogP contribution is 2.30. The van der Waals surface area contributed by atoms with Gasteiger partial charge in [-0.25, -0.2) is 0 Å². The molecule has 0 radical (unpaired) electrons. The summed E-state index contributed by atoms with van der Waals surface area (Å²) in [6, 6.07) is 2.40. The summed E-state index contributed by atoms with van der Waals surface area (Å²) >= 11 is 2.00. The van der Waals surface area contributed by atoms with E-state index in [0.717, 1.165) is 26.2 Å². The minimum Gasteiger partial charge on any atom is -0.316 e. The van der Waals surface area contributed by atoms with E-state index in [1.807, 2.05) is 11.3 Å². The van der Waals surface area contributed by atoms with Gasteiger partial charge in [0.2, 0.25) is 0 Å². The van der Waals surface area contributed by atoms with Crippen LogP contribution in [-0.2, 0) is 19.4 Å². The van der Waals surface area contributed by atoms with E-state index in [1.165, 1.54) is 24.1 Å². The minimum atomic E-state index is 1.04. The number of nitrogens with one attached hydrogen (secondary N) is 2. The number of aryl methyl sites for hydroxylation is 2. The fraction of sp³-hybridized carbons (Fsp3) is 0.667. The van der Waals surface area contributed by atoms with Gasteiger partial charge < -0.3 is 10.6 Å². The Morgan fingerprint density at radius 2 is 2.13 bits per heavy atom. The maximum Gasteiger partial charge on any atom is 0.0300 e. The van der Waals surface area contributed by atoms with Gasteiger partial charge in [-0.3, -0.25) is 0 Å². The molecule has 15 heavy (non-hydrogen) atoms. The SMILES string of the molecule is CCNCCNCc1cc2c(s1)CCC2. The summed E-state index contributed by atoms with van der Waals surface area (Å²) in [7, 11) is 0. The standard InChI is InChI=1S/C12H20N2S/c1-2-13-6-7-14-9-11-8-10-4-3-5-12(10)15-11/h8,13-14H,2-7,9H2,1H3. The predicted octanol–water partition coefficient (Wildman–Crippen LogP) is 1.94. The first kappa shape index (κ1) is 11.1. The Kier molecular flexibility index (Phi) is 4.18. The highest BCUT2D eigenvalue weighted by Gasteiger charge is 2.13. The lowest BCUT2D eigenvalue weighted by Gasteiger charge is -2.03. The molecule has 3 heteroatoms. The van der Waals surface area contributed by atoms with Crippen LogP contribution in [0.5, 0.6) is 0 Å². The number of rotatable bonds is 6. The first-order valence-electron chi connectivity index (χ1n) is 5.92. The Morgan fingerprint density at radius 3 is 2.93 bits per heavy atom. The molecule has 0 aromatic carbocycles. The van der Waals surface area contributed by atoms with Crippen molar-refractivity contribution in [2.24, 2.45) is 0 Å². The summed E-state index contributed by atoms with van der Waals surface area (Å²) in [5.74, 6) is 0. The van der Waals surface area contributed by atoms with E-state index >= 15 is 0 Å². The van der Waals surface area contributed by atoms with Crippen molar-refractivity contribution >= 4 is 11.3 Å². The zero-order valence-electron chi connectivity index (χ0n) is 9.44. The Morgan fingerprint density at radius 1 is 1.27 bits per heavy atom. The summed E-state index contributed by atoms with van der Waals surface area (Å²) in [5, 5.41) is 6.79. The molecule has 0 saturated carbocycles. The van der Waals surface area contributed by atoms with Crippen molar-refractivity contribution in [1.82, 2.24) is 10.6 Å². The molecule has 1 aliphatic rings. The number of hydrogen-bond donors (Lipinski definition) is 2. The van der Waals surface area contributed by atoms with Gasteiger partial charge in [0.1, 0.15) is 0 Å². The Balaban J connectivity index is 1.70. The molecule has 1 aliphatic carbocycles. The van der Waals surface area contributed by atoms with E-state index in [0.29, 0.717) is 0 Å². The number of fused-ring (bicyclic) bond motifs is 1. The molecule has 0 amide bonds. The summed E-state index contributed by atoms with van der Waals surface area (Å²) in [5.41, 5.74) is 1.61. The van der Waals surface area contributed by atoms with Crippen molar-refractivity contribution in [3.8, 4) is 0 Å². The third kappa shape index (κ3) is 3.03. The van der Waals surface area contributed by atoms with Crippen LogP contribution in [0, 0.1) is 0 Å². The fourth-order valence-corrected chi connectivity index (χ4v) is 3.27. The van der Waals surface area contributed by atoms with Crippen LogP contribution in [0.15, 0.2) is 6.07 Å². The van der Waals surface area contributed by atoms with Crippen LogP contribution in [0.25, 0.3) is 0 Å². The molecule has 2 nitrogen and oxygen atoms in total. The average molecular weight is 224 g/mol. The number of hydrogen-bond acceptors (Lipinski definition) is 3. The molecular formula is C12H20N2S. The first-order chi connectivity index (χ1) is 7.40.